The molecule has 1 aliphatic rings. The third kappa shape index (κ3) is 2.93. The smallest absolute Gasteiger partial charge is 0.157 e. The Morgan fingerprint density at radius 3 is 2.88 bits per heavy atom. The summed E-state index contributed by atoms with van der Waals surface area (Å²) in [5.41, 5.74) is 2.69. The first kappa shape index (κ1) is 17.9. The normalized spacial score (nSPS) is 17.1. The fourth-order valence-corrected chi connectivity index (χ4v) is 4.96. The Balaban J connectivity index is 1.85. The highest BCUT2D eigenvalue weighted by molar-refractivity contribution is 14.2. The van der Waals surface area contributed by atoms with Gasteiger partial charge in [-0.05, 0) is 31.7 Å². The average molecular weight is 482 g/mol. The predicted octanol–water partition coefficient (Wildman–Crippen LogP) is 3.55. The molecule has 3 aromatic rings. The fourth-order valence-electron chi connectivity index (χ4n) is 3.69. The minimum absolute atomic E-state index is 0.458. The predicted molar refractivity (Wildman–Crippen MR) is 112 cm³/mol. The molecule has 0 aromatic carbocycles. The van der Waals surface area contributed by atoms with E-state index in [1.54, 1.807) is 22.2 Å². The summed E-state index contributed by atoms with van der Waals surface area (Å²) in [6, 6.07) is 4.35. The molecule has 26 heavy (non-hydrogen) atoms. The standard InChI is InChI=1S/C17H19IN6OS/c1-11(25)16-21-14-10-20-17-13(5-9-23(17)26-18)15(14)24(16)22-7-3-12(2-6-19)4-8-22/h5,9-12,25H,2-4,7-8H2,1H3. The molecule has 0 bridgehead atoms. The summed E-state index contributed by atoms with van der Waals surface area (Å²) in [5, 5.41) is 22.5. The van der Waals surface area contributed by atoms with Gasteiger partial charge in [0.25, 0.3) is 0 Å². The van der Waals surface area contributed by atoms with Crippen molar-refractivity contribution in [2.75, 3.05) is 18.1 Å². The van der Waals surface area contributed by atoms with E-state index in [4.69, 9.17) is 5.26 Å². The molecule has 1 unspecified atom stereocenters. The Kier molecular flexibility index (Phi) is 4.98. The number of pyridine rings is 1. The second kappa shape index (κ2) is 7.25. The Hall–Kier alpha value is -1.51. The molecule has 0 saturated carbocycles. The van der Waals surface area contributed by atoms with Crippen molar-refractivity contribution < 1.29 is 5.11 Å². The zero-order chi connectivity index (χ0) is 18.3. The second-order valence-electron chi connectivity index (χ2n) is 6.66. The van der Waals surface area contributed by atoms with E-state index in [1.165, 1.54) is 0 Å². The van der Waals surface area contributed by atoms with Crippen LogP contribution in [-0.4, -0.2) is 36.8 Å². The van der Waals surface area contributed by atoms with Gasteiger partial charge in [0.1, 0.15) is 17.1 Å². The van der Waals surface area contributed by atoms with Crippen molar-refractivity contribution >= 4 is 52.4 Å². The lowest BCUT2D eigenvalue weighted by Crippen LogP contribution is -2.42. The van der Waals surface area contributed by atoms with Gasteiger partial charge < -0.3 is 10.1 Å². The van der Waals surface area contributed by atoms with E-state index in [9.17, 15) is 5.11 Å². The molecule has 1 aliphatic heterocycles. The minimum atomic E-state index is -0.671. The molecule has 3 aromatic heterocycles. The van der Waals surface area contributed by atoms with Gasteiger partial charge in [-0.15, -0.1) is 0 Å². The monoisotopic (exact) mass is 482 g/mol. The van der Waals surface area contributed by atoms with Crippen LogP contribution < -0.4 is 5.01 Å². The third-order valence-electron chi connectivity index (χ3n) is 5.00. The van der Waals surface area contributed by atoms with Crippen molar-refractivity contribution in [3.05, 3.63) is 24.3 Å². The molecule has 1 saturated heterocycles. The van der Waals surface area contributed by atoms with E-state index in [0.29, 0.717) is 18.2 Å². The summed E-state index contributed by atoms with van der Waals surface area (Å²) in [5.74, 6) is 1.10. The first-order valence-corrected chi connectivity index (χ1v) is 11.9. The number of aliphatic hydroxyl groups excluding tert-OH is 1. The van der Waals surface area contributed by atoms with Gasteiger partial charge in [0, 0.05) is 61.4 Å². The minimum Gasteiger partial charge on any atom is -0.385 e. The molecule has 9 heteroatoms. The number of halogens is 1. The average Bonchev–Trinajstić information content (AvgIpc) is 3.23. The molecule has 0 spiro atoms. The highest BCUT2D eigenvalue weighted by Gasteiger charge is 2.26. The van der Waals surface area contributed by atoms with Crippen LogP contribution in [0.15, 0.2) is 18.5 Å². The summed E-state index contributed by atoms with van der Waals surface area (Å²) < 4.78 is 4.10. The number of hydrogen-bond acceptors (Lipinski definition) is 6. The van der Waals surface area contributed by atoms with Crippen LogP contribution in [0, 0.1) is 17.2 Å². The van der Waals surface area contributed by atoms with Crippen molar-refractivity contribution in [3.8, 4) is 6.07 Å². The quantitative estimate of drug-likeness (QED) is 0.573. The molecule has 7 nitrogen and oxygen atoms in total. The number of nitrogens with zero attached hydrogens (tertiary/aromatic N) is 6. The van der Waals surface area contributed by atoms with E-state index in [2.05, 4.69) is 53.0 Å². The molecule has 1 atom stereocenters. The van der Waals surface area contributed by atoms with Crippen molar-refractivity contribution in [1.82, 2.24) is 18.6 Å². The summed E-state index contributed by atoms with van der Waals surface area (Å²) >= 11 is 2.24. The van der Waals surface area contributed by atoms with Crippen LogP contribution in [0.1, 0.15) is 38.1 Å². The molecule has 0 aliphatic carbocycles. The lowest BCUT2D eigenvalue weighted by atomic mass is 9.95. The molecule has 1 N–H and O–H groups in total. The topological polar surface area (TPSA) is 82.9 Å². The van der Waals surface area contributed by atoms with Crippen LogP contribution in [0.25, 0.3) is 22.1 Å². The van der Waals surface area contributed by atoms with Crippen molar-refractivity contribution in [3.63, 3.8) is 0 Å². The zero-order valence-electron chi connectivity index (χ0n) is 14.3. The maximum absolute atomic E-state index is 10.3. The number of piperidine rings is 1. The lowest BCUT2D eigenvalue weighted by molar-refractivity contribution is 0.182. The van der Waals surface area contributed by atoms with Crippen LogP contribution >= 0.6 is 30.3 Å². The van der Waals surface area contributed by atoms with Gasteiger partial charge in [-0.3, -0.25) is 3.97 Å². The number of fused-ring (bicyclic) bond motifs is 3. The van der Waals surface area contributed by atoms with Gasteiger partial charge in [-0.2, -0.15) is 5.26 Å². The number of imidazole rings is 1. The van der Waals surface area contributed by atoms with Crippen molar-refractivity contribution in [1.29, 1.82) is 5.26 Å². The molecule has 0 amide bonds. The fraction of sp³-hybridized carbons (Fsp3) is 0.471. The van der Waals surface area contributed by atoms with Crippen LogP contribution in [-0.2, 0) is 0 Å². The van der Waals surface area contributed by atoms with Gasteiger partial charge in [-0.25, -0.2) is 14.6 Å². The number of nitriles is 1. The maximum Gasteiger partial charge on any atom is 0.157 e. The Morgan fingerprint density at radius 1 is 1.46 bits per heavy atom. The summed E-state index contributed by atoms with van der Waals surface area (Å²) in [6.45, 7) is 3.45. The largest absolute Gasteiger partial charge is 0.385 e. The maximum atomic E-state index is 10.3. The van der Waals surface area contributed by atoms with Gasteiger partial charge in [-0.1, -0.05) is 0 Å². The first-order chi connectivity index (χ1) is 12.6. The highest BCUT2D eigenvalue weighted by Crippen LogP contribution is 2.32. The van der Waals surface area contributed by atoms with Crippen molar-refractivity contribution in [2.45, 2.75) is 32.3 Å². The number of rotatable bonds is 4. The SMILES string of the molecule is CC(O)c1nc2cnc3c(ccn3SI)c2n1N1CCC(CC#N)CC1. The molecular weight excluding hydrogens is 463 g/mol. The molecule has 0 radical (unpaired) electrons. The van der Waals surface area contributed by atoms with Crippen molar-refractivity contribution in [2.24, 2.45) is 5.92 Å². The summed E-state index contributed by atoms with van der Waals surface area (Å²) in [6.07, 6.45) is 5.69. The number of aliphatic hydroxyl groups is 1. The van der Waals surface area contributed by atoms with E-state index in [0.717, 1.165) is 48.0 Å². The van der Waals surface area contributed by atoms with Gasteiger partial charge in [0.15, 0.2) is 11.5 Å². The summed E-state index contributed by atoms with van der Waals surface area (Å²) in [4.78, 5) is 9.23. The van der Waals surface area contributed by atoms with Gasteiger partial charge in [0.2, 0.25) is 0 Å². The molecule has 136 valence electrons. The summed E-state index contributed by atoms with van der Waals surface area (Å²) in [7, 11) is 1.57. The van der Waals surface area contributed by atoms with Crippen LogP contribution in [0.3, 0.4) is 0 Å². The zero-order valence-corrected chi connectivity index (χ0v) is 17.3. The van der Waals surface area contributed by atoms with E-state index >= 15 is 0 Å². The number of aromatic nitrogens is 4. The van der Waals surface area contributed by atoms with Gasteiger partial charge >= 0.3 is 0 Å². The van der Waals surface area contributed by atoms with Crippen LogP contribution in [0.2, 0.25) is 0 Å². The van der Waals surface area contributed by atoms with Crippen LogP contribution in [0.5, 0.6) is 0 Å². The van der Waals surface area contributed by atoms with Gasteiger partial charge in [0.05, 0.1) is 12.3 Å². The number of hydrogen-bond donors (Lipinski definition) is 1. The second-order valence-corrected chi connectivity index (χ2v) is 8.37. The molecule has 4 heterocycles. The Bertz CT molecular complexity index is 983. The Morgan fingerprint density at radius 2 is 2.23 bits per heavy atom. The highest BCUT2D eigenvalue weighted by atomic mass is 127. The molecule has 1 fully saturated rings. The Labute approximate surface area is 167 Å². The van der Waals surface area contributed by atoms with E-state index in [1.807, 2.05) is 10.2 Å². The lowest BCUT2D eigenvalue weighted by Gasteiger charge is -2.35. The molecule has 4 rings (SSSR count). The third-order valence-corrected chi connectivity index (χ3v) is 6.72. The van der Waals surface area contributed by atoms with Crippen LogP contribution in [0.4, 0.5) is 0 Å². The van der Waals surface area contributed by atoms with E-state index < -0.39 is 6.10 Å². The van der Waals surface area contributed by atoms with E-state index in [-0.39, 0.29) is 0 Å². The molecular formula is C17H19IN6OS. The first-order valence-electron chi connectivity index (χ1n) is 8.61.